The van der Waals surface area contributed by atoms with Crippen molar-refractivity contribution in [3.8, 4) is 0 Å². The quantitative estimate of drug-likeness (QED) is 0.356. The summed E-state index contributed by atoms with van der Waals surface area (Å²) >= 11 is 0. The molecule has 0 radical (unpaired) electrons. The van der Waals surface area contributed by atoms with Crippen LogP contribution in [-0.4, -0.2) is 23.6 Å². The summed E-state index contributed by atoms with van der Waals surface area (Å²) in [6.07, 6.45) is -10.5. The van der Waals surface area contributed by atoms with E-state index in [0.29, 0.717) is 16.7 Å². The Morgan fingerprint density at radius 1 is 0.722 bits per heavy atom. The Morgan fingerprint density at radius 3 is 1.69 bits per heavy atom. The third-order valence-electron chi connectivity index (χ3n) is 5.19. The Hall–Kier alpha value is -4.15. The molecule has 0 aliphatic heterocycles. The molecule has 5 nitrogen and oxygen atoms in total. The third kappa shape index (κ3) is 6.49. The van der Waals surface area contributed by atoms with Crippen LogP contribution < -0.4 is 11.1 Å². The van der Waals surface area contributed by atoms with E-state index in [2.05, 4.69) is 5.32 Å². The van der Waals surface area contributed by atoms with Crippen LogP contribution in [0.3, 0.4) is 0 Å². The summed E-state index contributed by atoms with van der Waals surface area (Å²) in [5.74, 6) is -2.66. The van der Waals surface area contributed by atoms with Crippen LogP contribution in [-0.2, 0) is 23.6 Å². The Bertz CT molecular complexity index is 1240. The normalized spacial score (nSPS) is 12.6. The number of hydrogen-bond donors (Lipinski definition) is 2. The van der Waals surface area contributed by atoms with Gasteiger partial charge in [-0.2, -0.15) is 26.3 Å². The zero-order valence-electron chi connectivity index (χ0n) is 18.3. The Morgan fingerprint density at radius 2 is 1.22 bits per heavy atom. The van der Waals surface area contributed by atoms with E-state index in [4.69, 9.17) is 5.73 Å². The molecule has 0 bridgehead atoms. The first-order valence-corrected chi connectivity index (χ1v) is 10.3. The molecule has 2 amide bonds. The van der Waals surface area contributed by atoms with Gasteiger partial charge in [0, 0.05) is 23.1 Å². The number of nitrogens with one attached hydrogen (secondary N) is 1. The van der Waals surface area contributed by atoms with E-state index < -0.39 is 46.9 Å². The number of ketones is 1. The lowest BCUT2D eigenvalue weighted by Gasteiger charge is -2.18. The molecule has 3 rings (SSSR count). The van der Waals surface area contributed by atoms with Crippen molar-refractivity contribution in [3.63, 3.8) is 0 Å². The minimum Gasteiger partial charge on any atom is -0.368 e. The van der Waals surface area contributed by atoms with E-state index in [-0.39, 0.29) is 30.4 Å². The fourth-order valence-electron chi connectivity index (χ4n) is 3.33. The molecule has 0 spiro atoms. The number of carbonyl (C=O) groups is 3. The molecule has 1 atom stereocenters. The summed E-state index contributed by atoms with van der Waals surface area (Å²) in [5.41, 5.74) is 2.24. The second kappa shape index (κ2) is 10.2. The molecular weight excluding hydrogens is 490 g/mol. The van der Waals surface area contributed by atoms with Gasteiger partial charge in [0.1, 0.15) is 6.04 Å². The van der Waals surface area contributed by atoms with Crippen LogP contribution in [0.4, 0.5) is 26.3 Å². The predicted molar refractivity (Wildman–Crippen MR) is 117 cm³/mol. The molecule has 0 saturated carbocycles. The van der Waals surface area contributed by atoms with Gasteiger partial charge < -0.3 is 11.1 Å². The lowest BCUT2D eigenvalue weighted by atomic mass is 9.99. The van der Waals surface area contributed by atoms with Crippen molar-refractivity contribution in [1.29, 1.82) is 0 Å². The first-order chi connectivity index (χ1) is 16.8. The van der Waals surface area contributed by atoms with Gasteiger partial charge >= 0.3 is 12.4 Å². The molecule has 0 heterocycles. The van der Waals surface area contributed by atoms with E-state index in [1.807, 2.05) is 0 Å². The topological polar surface area (TPSA) is 89.3 Å². The van der Waals surface area contributed by atoms with Gasteiger partial charge in [-0.1, -0.05) is 54.6 Å². The zero-order valence-corrected chi connectivity index (χ0v) is 18.3. The van der Waals surface area contributed by atoms with Gasteiger partial charge in [0.05, 0.1) is 11.1 Å². The number of amides is 2. The van der Waals surface area contributed by atoms with Crippen molar-refractivity contribution < 1.29 is 40.7 Å². The Kier molecular flexibility index (Phi) is 7.51. The van der Waals surface area contributed by atoms with Crippen molar-refractivity contribution in [3.05, 3.63) is 106 Å². The fraction of sp³-hybridized carbons (Fsp3) is 0.160. The molecule has 0 saturated heterocycles. The van der Waals surface area contributed by atoms with Crippen molar-refractivity contribution in [2.24, 2.45) is 5.73 Å². The fourth-order valence-corrected chi connectivity index (χ4v) is 3.33. The molecule has 0 aliphatic rings. The lowest BCUT2D eigenvalue weighted by Crippen LogP contribution is -2.46. The van der Waals surface area contributed by atoms with Gasteiger partial charge in [-0.25, -0.2) is 0 Å². The van der Waals surface area contributed by atoms with E-state index in [1.165, 1.54) is 24.3 Å². The average molecular weight is 508 g/mol. The number of halogens is 6. The van der Waals surface area contributed by atoms with Crippen molar-refractivity contribution in [2.45, 2.75) is 24.8 Å². The molecular formula is C25H18F6N2O3. The van der Waals surface area contributed by atoms with Gasteiger partial charge in [0.2, 0.25) is 5.91 Å². The number of primary amides is 1. The largest absolute Gasteiger partial charge is 0.416 e. The summed E-state index contributed by atoms with van der Waals surface area (Å²) in [6, 6.07) is 13.3. The molecule has 11 heteroatoms. The molecule has 0 aliphatic carbocycles. The highest BCUT2D eigenvalue weighted by Gasteiger charge is 2.37. The van der Waals surface area contributed by atoms with E-state index >= 15 is 0 Å². The number of alkyl halides is 6. The molecule has 0 aromatic heterocycles. The molecule has 36 heavy (non-hydrogen) atoms. The van der Waals surface area contributed by atoms with Crippen LogP contribution >= 0.6 is 0 Å². The first-order valence-electron chi connectivity index (χ1n) is 10.3. The average Bonchev–Trinajstić information content (AvgIpc) is 2.82. The second-order valence-electron chi connectivity index (χ2n) is 7.82. The van der Waals surface area contributed by atoms with Crippen LogP contribution in [0.15, 0.2) is 72.8 Å². The van der Waals surface area contributed by atoms with Gasteiger partial charge in [-0.05, 0) is 23.8 Å². The molecule has 3 aromatic rings. The van der Waals surface area contributed by atoms with Crippen LogP contribution in [0.1, 0.15) is 43.0 Å². The van der Waals surface area contributed by atoms with Crippen molar-refractivity contribution in [2.75, 3.05) is 0 Å². The van der Waals surface area contributed by atoms with Crippen molar-refractivity contribution in [1.82, 2.24) is 5.32 Å². The highest BCUT2D eigenvalue weighted by atomic mass is 19.4. The Balaban J connectivity index is 1.80. The maximum absolute atomic E-state index is 13.1. The number of benzene rings is 3. The van der Waals surface area contributed by atoms with E-state index in [9.17, 15) is 40.7 Å². The summed E-state index contributed by atoms with van der Waals surface area (Å²) in [6.45, 7) is 0. The highest BCUT2D eigenvalue weighted by molar-refractivity contribution is 6.09. The Labute approximate surface area is 200 Å². The van der Waals surface area contributed by atoms with Gasteiger partial charge in [-0.15, -0.1) is 0 Å². The van der Waals surface area contributed by atoms with Crippen LogP contribution in [0, 0.1) is 0 Å². The van der Waals surface area contributed by atoms with E-state index in [1.54, 1.807) is 30.3 Å². The van der Waals surface area contributed by atoms with Crippen LogP contribution in [0.2, 0.25) is 0 Å². The monoisotopic (exact) mass is 508 g/mol. The number of nitrogens with two attached hydrogens (primary N) is 1. The number of carbonyl (C=O) groups excluding carboxylic acids is 3. The zero-order chi connectivity index (χ0) is 26.7. The van der Waals surface area contributed by atoms with Gasteiger partial charge in [0.15, 0.2) is 5.78 Å². The van der Waals surface area contributed by atoms with Crippen molar-refractivity contribution >= 4 is 17.6 Å². The summed E-state index contributed by atoms with van der Waals surface area (Å²) in [7, 11) is 0. The minimum atomic E-state index is -5.14. The number of rotatable bonds is 7. The molecule has 188 valence electrons. The predicted octanol–water partition coefficient (Wildman–Crippen LogP) is 4.78. The van der Waals surface area contributed by atoms with Crippen LogP contribution in [0.5, 0.6) is 0 Å². The summed E-state index contributed by atoms with van der Waals surface area (Å²) < 4.78 is 78.5. The van der Waals surface area contributed by atoms with Gasteiger partial charge in [0.25, 0.3) is 5.91 Å². The molecule has 3 N–H and O–H groups in total. The molecule has 0 fully saturated rings. The third-order valence-corrected chi connectivity index (χ3v) is 5.19. The summed E-state index contributed by atoms with van der Waals surface area (Å²) in [4.78, 5) is 36.9. The second-order valence-corrected chi connectivity index (χ2v) is 7.82. The van der Waals surface area contributed by atoms with Crippen LogP contribution in [0.25, 0.3) is 0 Å². The highest BCUT2D eigenvalue weighted by Crippen LogP contribution is 2.36. The standard InChI is InChI=1S/C25H18F6N2O3/c26-24(27,28)18-11-17(12-19(13-18)25(29,30)31)23(36)33-20(22(32)35)10-14-6-8-16(9-7-14)21(34)15-4-2-1-3-5-15/h1-9,11-13,20H,10H2,(H2,32,35)(H,33,36)/t20-/m0/s1. The molecule has 3 aromatic carbocycles. The van der Waals surface area contributed by atoms with E-state index in [0.717, 1.165) is 0 Å². The smallest absolute Gasteiger partial charge is 0.368 e. The minimum absolute atomic E-state index is 0.110. The van der Waals surface area contributed by atoms with Gasteiger partial charge in [-0.3, -0.25) is 14.4 Å². The maximum Gasteiger partial charge on any atom is 0.416 e. The maximum atomic E-state index is 13.1. The molecule has 0 unspecified atom stereocenters. The first kappa shape index (κ1) is 26.5. The number of hydrogen-bond acceptors (Lipinski definition) is 3. The lowest BCUT2D eigenvalue weighted by molar-refractivity contribution is -0.143. The SMILES string of the molecule is NC(=O)[C@H](Cc1ccc(C(=O)c2ccccc2)cc1)NC(=O)c1cc(C(F)(F)F)cc(C(F)(F)F)c1. The summed E-state index contributed by atoms with van der Waals surface area (Å²) in [5, 5.41) is 2.09.